The summed E-state index contributed by atoms with van der Waals surface area (Å²) in [6.07, 6.45) is 0.816. The van der Waals surface area contributed by atoms with Crippen LogP contribution in [0.15, 0.2) is 36.8 Å². The van der Waals surface area contributed by atoms with Gasteiger partial charge in [0.25, 0.3) is 0 Å². The van der Waals surface area contributed by atoms with E-state index in [0.29, 0.717) is 37.6 Å². The smallest absolute Gasteiger partial charge is 0.395 e. The van der Waals surface area contributed by atoms with Crippen molar-refractivity contribution in [3.63, 3.8) is 0 Å². The van der Waals surface area contributed by atoms with Crippen LogP contribution < -0.4 is 19.7 Å². The summed E-state index contributed by atoms with van der Waals surface area (Å²) in [4.78, 5) is 24.4. The van der Waals surface area contributed by atoms with Crippen molar-refractivity contribution in [2.75, 3.05) is 31.1 Å². The van der Waals surface area contributed by atoms with E-state index >= 15 is 0 Å². The predicted octanol–water partition coefficient (Wildman–Crippen LogP) is 1.83. The fraction of sp³-hybridized carbons (Fsp3) is 0.353. The number of aromatic nitrogens is 2. The SMILES string of the molecule is O=C(N1CCNCC1)N(Cc1ccc2c(c1)OC(F)(F)O2)c1cnccn1. The Bertz CT molecular complexity index is 831. The van der Waals surface area contributed by atoms with Crippen molar-refractivity contribution in [2.45, 2.75) is 12.8 Å². The summed E-state index contributed by atoms with van der Waals surface area (Å²) in [5.41, 5.74) is 0.601. The van der Waals surface area contributed by atoms with Gasteiger partial charge >= 0.3 is 12.3 Å². The van der Waals surface area contributed by atoms with Crippen LogP contribution in [-0.2, 0) is 6.54 Å². The first-order valence-electron chi connectivity index (χ1n) is 8.44. The summed E-state index contributed by atoms with van der Waals surface area (Å²) >= 11 is 0. The van der Waals surface area contributed by atoms with E-state index in [4.69, 9.17) is 0 Å². The van der Waals surface area contributed by atoms with E-state index in [0.717, 1.165) is 0 Å². The summed E-state index contributed by atoms with van der Waals surface area (Å²) in [6.45, 7) is 2.69. The number of benzene rings is 1. The second-order valence-electron chi connectivity index (χ2n) is 6.12. The molecule has 0 radical (unpaired) electrons. The van der Waals surface area contributed by atoms with E-state index in [1.807, 2.05) is 0 Å². The molecule has 1 aromatic heterocycles. The molecule has 1 aromatic carbocycles. The Morgan fingerprint density at radius 2 is 2.00 bits per heavy atom. The first-order chi connectivity index (χ1) is 13.0. The summed E-state index contributed by atoms with van der Waals surface area (Å²) in [5.74, 6) is 0.276. The average molecular weight is 377 g/mol. The van der Waals surface area contributed by atoms with Crippen LogP contribution in [0.1, 0.15) is 5.56 Å². The number of carbonyl (C=O) groups excluding carboxylic acids is 1. The van der Waals surface area contributed by atoms with Crippen molar-refractivity contribution in [2.24, 2.45) is 0 Å². The molecule has 0 unspecified atom stereocenters. The van der Waals surface area contributed by atoms with Crippen molar-refractivity contribution < 1.29 is 23.0 Å². The third-order valence-corrected chi connectivity index (χ3v) is 4.25. The first kappa shape index (κ1) is 17.4. The van der Waals surface area contributed by atoms with Crippen LogP contribution in [0.25, 0.3) is 0 Å². The number of hydrogen-bond acceptors (Lipinski definition) is 6. The Hall–Kier alpha value is -3.01. The number of urea groups is 1. The summed E-state index contributed by atoms with van der Waals surface area (Å²) < 4.78 is 35.4. The van der Waals surface area contributed by atoms with Gasteiger partial charge in [-0.1, -0.05) is 6.07 Å². The molecule has 1 saturated heterocycles. The van der Waals surface area contributed by atoms with Gasteiger partial charge in [0, 0.05) is 38.6 Å². The van der Waals surface area contributed by atoms with E-state index in [2.05, 4.69) is 24.8 Å². The number of carbonyl (C=O) groups is 1. The van der Waals surface area contributed by atoms with Gasteiger partial charge in [-0.25, -0.2) is 9.78 Å². The lowest BCUT2D eigenvalue weighted by Crippen LogP contribution is -2.51. The highest BCUT2D eigenvalue weighted by Gasteiger charge is 2.43. The standard InChI is InChI=1S/C17H17F2N5O3/c18-17(19)26-13-2-1-12(9-14(13)27-17)11-24(15-10-21-3-4-22-15)16(25)23-7-5-20-6-8-23/h1-4,9-10,20H,5-8,11H2. The minimum atomic E-state index is -3.68. The number of anilines is 1. The van der Waals surface area contributed by atoms with Crippen molar-refractivity contribution in [3.05, 3.63) is 42.4 Å². The zero-order chi connectivity index (χ0) is 18.9. The highest BCUT2D eigenvalue weighted by molar-refractivity contribution is 5.90. The number of nitrogens with one attached hydrogen (secondary N) is 1. The molecule has 2 amide bonds. The molecule has 0 bridgehead atoms. The largest absolute Gasteiger partial charge is 0.586 e. The van der Waals surface area contributed by atoms with Gasteiger partial charge in [0.15, 0.2) is 17.3 Å². The zero-order valence-corrected chi connectivity index (χ0v) is 14.3. The zero-order valence-electron chi connectivity index (χ0n) is 14.3. The third kappa shape index (κ3) is 3.75. The number of nitrogens with zero attached hydrogens (tertiary/aromatic N) is 4. The van der Waals surface area contributed by atoms with Gasteiger partial charge in [0.1, 0.15) is 0 Å². The Kier molecular flexibility index (Phi) is 4.48. The molecule has 1 N–H and O–H groups in total. The third-order valence-electron chi connectivity index (χ3n) is 4.25. The maximum atomic E-state index is 13.2. The number of rotatable bonds is 3. The fourth-order valence-electron chi connectivity index (χ4n) is 2.98. The van der Waals surface area contributed by atoms with Crippen LogP contribution in [0.3, 0.4) is 0 Å². The molecule has 0 saturated carbocycles. The average Bonchev–Trinajstić information content (AvgIpc) is 3.00. The minimum absolute atomic E-state index is 0.0387. The molecule has 142 valence electrons. The lowest BCUT2D eigenvalue weighted by atomic mass is 10.2. The van der Waals surface area contributed by atoms with Gasteiger partial charge in [-0.05, 0) is 17.7 Å². The Labute approximate surface area is 153 Å². The lowest BCUT2D eigenvalue weighted by Gasteiger charge is -2.32. The fourth-order valence-corrected chi connectivity index (χ4v) is 2.98. The summed E-state index contributed by atoms with van der Waals surface area (Å²) in [6, 6.07) is 4.22. The number of amides is 2. The Morgan fingerprint density at radius 3 is 2.74 bits per heavy atom. The highest BCUT2D eigenvalue weighted by Crippen LogP contribution is 2.41. The van der Waals surface area contributed by atoms with Crippen molar-refractivity contribution in [1.82, 2.24) is 20.2 Å². The van der Waals surface area contributed by atoms with Crippen LogP contribution in [0.5, 0.6) is 11.5 Å². The quantitative estimate of drug-likeness (QED) is 0.879. The van der Waals surface area contributed by atoms with Gasteiger partial charge in [0.05, 0.1) is 12.7 Å². The second-order valence-corrected chi connectivity index (χ2v) is 6.12. The van der Waals surface area contributed by atoms with Crippen molar-refractivity contribution in [1.29, 1.82) is 0 Å². The molecule has 2 aliphatic rings. The molecule has 8 nitrogen and oxygen atoms in total. The van der Waals surface area contributed by atoms with Gasteiger partial charge in [-0.3, -0.25) is 9.88 Å². The molecule has 2 aromatic rings. The van der Waals surface area contributed by atoms with E-state index < -0.39 is 6.29 Å². The van der Waals surface area contributed by atoms with E-state index in [9.17, 15) is 13.6 Å². The number of hydrogen-bond donors (Lipinski definition) is 1. The molecule has 27 heavy (non-hydrogen) atoms. The maximum absolute atomic E-state index is 13.2. The normalized spacial score (nSPS) is 17.6. The molecule has 0 spiro atoms. The van der Waals surface area contributed by atoms with Crippen molar-refractivity contribution >= 4 is 11.8 Å². The predicted molar refractivity (Wildman–Crippen MR) is 90.7 cm³/mol. The molecular formula is C17H17F2N5O3. The molecule has 10 heteroatoms. The summed E-state index contributed by atoms with van der Waals surface area (Å²) in [7, 11) is 0. The molecule has 4 rings (SSSR count). The Balaban J connectivity index is 1.59. The van der Waals surface area contributed by atoms with Crippen LogP contribution >= 0.6 is 0 Å². The van der Waals surface area contributed by atoms with Crippen molar-refractivity contribution in [3.8, 4) is 11.5 Å². The molecule has 2 aliphatic heterocycles. The minimum Gasteiger partial charge on any atom is -0.395 e. The van der Waals surface area contributed by atoms with Gasteiger partial charge < -0.3 is 19.7 Å². The maximum Gasteiger partial charge on any atom is 0.586 e. The number of fused-ring (bicyclic) bond motifs is 1. The highest BCUT2D eigenvalue weighted by atomic mass is 19.3. The molecular weight excluding hydrogens is 360 g/mol. The van der Waals surface area contributed by atoms with E-state index in [-0.39, 0.29) is 24.1 Å². The molecule has 0 aliphatic carbocycles. The molecule has 1 fully saturated rings. The topological polar surface area (TPSA) is 79.8 Å². The van der Waals surface area contributed by atoms with E-state index in [1.165, 1.54) is 35.6 Å². The van der Waals surface area contributed by atoms with E-state index in [1.54, 1.807) is 11.0 Å². The van der Waals surface area contributed by atoms with Gasteiger partial charge in [-0.15, -0.1) is 8.78 Å². The van der Waals surface area contributed by atoms with Crippen LogP contribution in [-0.4, -0.2) is 53.4 Å². The summed E-state index contributed by atoms with van der Waals surface area (Å²) in [5, 5.41) is 3.19. The first-order valence-corrected chi connectivity index (χ1v) is 8.44. The van der Waals surface area contributed by atoms with Crippen LogP contribution in [0.4, 0.5) is 19.4 Å². The van der Waals surface area contributed by atoms with Gasteiger partial charge in [0.2, 0.25) is 0 Å². The number of alkyl halides is 2. The van der Waals surface area contributed by atoms with Crippen LogP contribution in [0.2, 0.25) is 0 Å². The second kappa shape index (κ2) is 6.95. The lowest BCUT2D eigenvalue weighted by molar-refractivity contribution is -0.286. The number of ether oxygens (including phenoxy) is 2. The molecule has 0 atom stereocenters. The Morgan fingerprint density at radius 1 is 1.22 bits per heavy atom. The molecule has 3 heterocycles. The van der Waals surface area contributed by atoms with Gasteiger partial charge in [-0.2, -0.15) is 0 Å². The monoisotopic (exact) mass is 377 g/mol. The number of halogens is 2. The van der Waals surface area contributed by atoms with Crippen LogP contribution in [0, 0.1) is 0 Å². The number of piperazine rings is 1.